The lowest BCUT2D eigenvalue weighted by atomic mass is 10.0. The summed E-state index contributed by atoms with van der Waals surface area (Å²) in [6.45, 7) is 5.45. The Morgan fingerprint density at radius 2 is 2.03 bits per heavy atom. The molecule has 6 rings (SSSR count). The minimum Gasteiger partial charge on any atom is -0.346 e. The minimum atomic E-state index is -0.186. The molecule has 1 N–H and O–H groups in total. The number of fused-ring (bicyclic) bond motifs is 2. The van der Waals surface area contributed by atoms with Crippen molar-refractivity contribution in [1.82, 2.24) is 33.9 Å². The molecular formula is C25H24BrN7O. The van der Waals surface area contributed by atoms with Crippen molar-refractivity contribution in [3.63, 3.8) is 0 Å². The predicted octanol–water partition coefficient (Wildman–Crippen LogP) is 4.43. The number of aromatic nitrogens is 6. The summed E-state index contributed by atoms with van der Waals surface area (Å²) in [6.07, 6.45) is 12.3. The number of hydrogen-bond donors (Lipinski definition) is 1. The highest BCUT2D eigenvalue weighted by atomic mass is 79.9. The number of rotatable bonds is 6. The van der Waals surface area contributed by atoms with Gasteiger partial charge in [0.15, 0.2) is 0 Å². The molecule has 34 heavy (non-hydrogen) atoms. The normalized spacial score (nSPS) is 16.9. The summed E-state index contributed by atoms with van der Waals surface area (Å²) in [5.41, 5.74) is 5.85. The zero-order valence-corrected chi connectivity index (χ0v) is 20.5. The van der Waals surface area contributed by atoms with Crippen LogP contribution in [0.15, 0.2) is 66.0 Å². The van der Waals surface area contributed by atoms with Gasteiger partial charge in [0.05, 0.1) is 48.1 Å². The summed E-state index contributed by atoms with van der Waals surface area (Å²) in [7, 11) is 0. The van der Waals surface area contributed by atoms with Crippen LogP contribution in [0, 0.1) is 5.41 Å². The van der Waals surface area contributed by atoms with Crippen LogP contribution in [0.1, 0.15) is 53.5 Å². The number of imidazole rings is 2. The molecule has 1 saturated carbocycles. The van der Waals surface area contributed by atoms with Gasteiger partial charge in [-0.15, -0.1) is 0 Å². The molecule has 5 aromatic heterocycles. The van der Waals surface area contributed by atoms with Crippen molar-refractivity contribution in [2.24, 2.45) is 5.41 Å². The largest absolute Gasteiger partial charge is 0.346 e. The molecule has 5 aromatic rings. The zero-order valence-electron chi connectivity index (χ0n) is 18.9. The predicted molar refractivity (Wildman–Crippen MR) is 132 cm³/mol. The molecule has 0 aromatic carbocycles. The molecule has 0 saturated heterocycles. The highest BCUT2D eigenvalue weighted by Gasteiger charge is 2.46. The van der Waals surface area contributed by atoms with Crippen LogP contribution in [0.3, 0.4) is 0 Å². The summed E-state index contributed by atoms with van der Waals surface area (Å²) >= 11 is 3.48. The van der Waals surface area contributed by atoms with E-state index in [1.807, 2.05) is 33.3 Å². The second-order valence-electron chi connectivity index (χ2n) is 9.64. The van der Waals surface area contributed by atoms with E-state index in [1.54, 1.807) is 23.4 Å². The molecule has 8 nitrogen and oxygen atoms in total. The van der Waals surface area contributed by atoms with Crippen molar-refractivity contribution >= 4 is 33.0 Å². The van der Waals surface area contributed by atoms with E-state index < -0.39 is 0 Å². The topological polar surface area (TPSA) is 81.5 Å². The third-order valence-electron chi connectivity index (χ3n) is 6.67. The van der Waals surface area contributed by atoms with Crippen molar-refractivity contribution < 1.29 is 4.79 Å². The van der Waals surface area contributed by atoms with Gasteiger partial charge in [-0.1, -0.05) is 29.8 Å². The number of carbonyl (C=O) groups excluding carboxylic acids is 1. The lowest BCUT2D eigenvalue weighted by molar-refractivity contribution is 0.0950. The van der Waals surface area contributed by atoms with Crippen molar-refractivity contribution in [2.45, 2.75) is 39.3 Å². The van der Waals surface area contributed by atoms with Crippen LogP contribution in [0.5, 0.6) is 0 Å². The van der Waals surface area contributed by atoms with E-state index >= 15 is 0 Å². The van der Waals surface area contributed by atoms with Crippen molar-refractivity contribution in [1.29, 1.82) is 0 Å². The summed E-state index contributed by atoms with van der Waals surface area (Å²) < 4.78 is 6.67. The Morgan fingerprint density at radius 3 is 2.85 bits per heavy atom. The number of carbonyl (C=O) groups is 1. The molecule has 0 spiro atoms. The van der Waals surface area contributed by atoms with Crippen molar-refractivity contribution in [2.75, 3.05) is 0 Å². The van der Waals surface area contributed by atoms with Crippen LogP contribution in [0.25, 0.3) is 11.2 Å². The molecule has 1 fully saturated rings. The van der Waals surface area contributed by atoms with Gasteiger partial charge in [-0.05, 0) is 47.6 Å². The van der Waals surface area contributed by atoms with E-state index in [-0.39, 0.29) is 5.91 Å². The lowest BCUT2D eigenvalue weighted by Gasteiger charge is -2.03. The zero-order chi connectivity index (χ0) is 23.4. The molecule has 1 atom stereocenters. The fourth-order valence-electron chi connectivity index (χ4n) is 4.53. The fourth-order valence-corrected chi connectivity index (χ4v) is 4.87. The quantitative estimate of drug-likeness (QED) is 0.361. The van der Waals surface area contributed by atoms with E-state index in [4.69, 9.17) is 4.98 Å². The van der Waals surface area contributed by atoms with Gasteiger partial charge in [0.1, 0.15) is 5.65 Å². The highest BCUT2D eigenvalue weighted by Crippen LogP contribution is 2.58. The summed E-state index contributed by atoms with van der Waals surface area (Å²) in [5.74, 6) is 0.431. The average Bonchev–Trinajstić information content (AvgIpc) is 3.24. The maximum absolute atomic E-state index is 12.7. The molecule has 172 valence electrons. The van der Waals surface area contributed by atoms with Crippen LogP contribution in [-0.2, 0) is 13.1 Å². The van der Waals surface area contributed by atoms with E-state index in [1.165, 1.54) is 12.0 Å². The maximum Gasteiger partial charge on any atom is 0.254 e. The van der Waals surface area contributed by atoms with Gasteiger partial charge in [0.25, 0.3) is 5.91 Å². The van der Waals surface area contributed by atoms with Gasteiger partial charge in [-0.3, -0.25) is 9.48 Å². The molecule has 1 amide bonds. The molecular weight excluding hydrogens is 494 g/mol. The number of nitrogens with one attached hydrogen (secondary N) is 1. The monoisotopic (exact) mass is 517 g/mol. The summed E-state index contributed by atoms with van der Waals surface area (Å²) in [5, 5.41) is 7.30. The van der Waals surface area contributed by atoms with Crippen LogP contribution < -0.4 is 5.32 Å². The van der Waals surface area contributed by atoms with Gasteiger partial charge < -0.3 is 14.1 Å². The first-order chi connectivity index (χ1) is 16.4. The molecule has 1 aliphatic carbocycles. The highest BCUT2D eigenvalue weighted by molar-refractivity contribution is 9.10. The Bertz CT molecular complexity index is 1540. The van der Waals surface area contributed by atoms with Gasteiger partial charge in [0.2, 0.25) is 0 Å². The number of pyridine rings is 2. The second-order valence-corrected chi connectivity index (χ2v) is 10.6. The SMILES string of the molecule is CC1(C)CC1c1ccn2cc(Cn3cc(C(=O)NCc4ncn5ccc(Br)cc45)cn3)nc2c1. The Balaban J connectivity index is 1.13. The van der Waals surface area contributed by atoms with E-state index in [0.717, 1.165) is 27.0 Å². The molecule has 0 radical (unpaired) electrons. The Hall–Kier alpha value is -3.46. The van der Waals surface area contributed by atoms with Gasteiger partial charge >= 0.3 is 0 Å². The molecule has 1 aliphatic rings. The third-order valence-corrected chi connectivity index (χ3v) is 7.16. The number of amides is 1. The lowest BCUT2D eigenvalue weighted by Crippen LogP contribution is -2.22. The van der Waals surface area contributed by atoms with Crippen LogP contribution in [0.2, 0.25) is 0 Å². The standard InChI is InChI=1S/C25H24BrN7O/c1-25(2)9-20(25)16-3-5-31-13-19(30-23(31)7-16)14-33-12-17(10-29-33)24(34)27-11-21-22-8-18(26)4-6-32(22)15-28-21/h3-8,10,12-13,15,20H,9,11,14H2,1-2H3,(H,27,34). The molecule has 0 bridgehead atoms. The van der Waals surface area contributed by atoms with Crippen molar-refractivity contribution in [3.8, 4) is 0 Å². The average molecular weight is 518 g/mol. The van der Waals surface area contributed by atoms with Crippen LogP contribution >= 0.6 is 15.9 Å². The number of hydrogen-bond acceptors (Lipinski definition) is 4. The Labute approximate surface area is 204 Å². The Kier molecular flexibility index (Phi) is 4.84. The van der Waals surface area contributed by atoms with E-state index in [2.05, 4.69) is 63.5 Å². The van der Waals surface area contributed by atoms with Crippen molar-refractivity contribution in [3.05, 3.63) is 88.6 Å². The third kappa shape index (κ3) is 3.90. The van der Waals surface area contributed by atoms with Crippen LogP contribution in [0.4, 0.5) is 0 Å². The molecule has 5 heterocycles. The van der Waals surface area contributed by atoms with Gasteiger partial charge in [-0.2, -0.15) is 5.10 Å². The molecule has 0 aliphatic heterocycles. The fraction of sp³-hybridized carbons (Fsp3) is 0.280. The number of halogens is 1. The smallest absolute Gasteiger partial charge is 0.254 e. The van der Waals surface area contributed by atoms with E-state index in [0.29, 0.717) is 30.0 Å². The molecule has 9 heteroatoms. The molecule has 1 unspecified atom stereocenters. The first kappa shape index (κ1) is 21.1. The first-order valence-electron chi connectivity index (χ1n) is 11.2. The van der Waals surface area contributed by atoms with Gasteiger partial charge in [-0.25, -0.2) is 9.97 Å². The van der Waals surface area contributed by atoms with E-state index in [9.17, 15) is 4.79 Å². The summed E-state index contributed by atoms with van der Waals surface area (Å²) in [6, 6.07) is 8.30. The first-order valence-corrected chi connectivity index (χ1v) is 12.0. The maximum atomic E-state index is 12.7. The van der Waals surface area contributed by atoms with Crippen LogP contribution in [-0.4, -0.2) is 34.5 Å². The Morgan fingerprint density at radius 1 is 1.21 bits per heavy atom. The number of nitrogens with zero attached hydrogens (tertiary/aromatic N) is 6. The second kappa shape index (κ2) is 7.80. The summed E-state index contributed by atoms with van der Waals surface area (Å²) in [4.78, 5) is 21.9. The van der Waals surface area contributed by atoms with Gasteiger partial charge in [0, 0.05) is 29.3 Å². The minimum absolute atomic E-state index is 0.186.